The Labute approximate surface area is 307 Å². The zero-order valence-corrected chi connectivity index (χ0v) is 30.3. The van der Waals surface area contributed by atoms with Gasteiger partial charge in [0.1, 0.15) is 18.1 Å². The van der Waals surface area contributed by atoms with E-state index >= 15 is 0 Å². The number of hydrogen-bond donors (Lipinski definition) is 2. The predicted molar refractivity (Wildman–Crippen MR) is 197 cm³/mol. The van der Waals surface area contributed by atoms with E-state index in [2.05, 4.69) is 10.3 Å². The first-order valence-corrected chi connectivity index (χ1v) is 16.5. The molecule has 1 heterocycles. The lowest BCUT2D eigenvalue weighted by Crippen LogP contribution is -2.37. The standard InChI is InChI=1S/C13H15N3O4.C13H17N3O2.C10H11N3O2/c1-3-20-13(17)15(7-6-14)9-11-5-4-10(2)8-12(11)16(18)19;1-3-18-13(17)16-7-10-5-4-9(2)6-11(10)15-12(14)8-16;1-8-3-4-9(12-6-2-5-11)10(7-8)13(14)15/h4-5,8H,3,7,9H2,1-2H3;4-6H,3,7-8H2,1-2H3,(H2,14,15);3-4,7,12H,2,6H2,1H3. The first kappa shape index (κ1) is 42.4. The van der Waals surface area contributed by atoms with Gasteiger partial charge in [-0.1, -0.05) is 30.3 Å². The first-order valence-electron chi connectivity index (χ1n) is 16.5. The quantitative estimate of drug-likeness (QED) is 0.0974. The van der Waals surface area contributed by atoms with Crippen LogP contribution in [0.4, 0.5) is 32.3 Å². The number of nitrogens with two attached hydrogens (primary N) is 1. The van der Waals surface area contributed by atoms with Gasteiger partial charge in [0.2, 0.25) is 0 Å². The number of hydrogen-bond acceptors (Lipinski definition) is 13. The molecule has 4 rings (SSSR count). The number of fused-ring (bicyclic) bond motifs is 1. The van der Waals surface area contributed by atoms with Crippen molar-refractivity contribution in [3.05, 3.63) is 103 Å². The van der Waals surface area contributed by atoms with Crippen molar-refractivity contribution in [2.75, 3.05) is 38.2 Å². The number of rotatable bonds is 10. The molecule has 0 saturated carbocycles. The number of nitrogens with one attached hydrogen (secondary N) is 1. The fraction of sp³-hybridized carbons (Fsp3) is 0.361. The Bertz CT molecular complexity index is 1890. The van der Waals surface area contributed by atoms with Crippen LogP contribution in [0.2, 0.25) is 0 Å². The number of anilines is 1. The molecule has 3 aromatic rings. The van der Waals surface area contributed by atoms with Crippen LogP contribution >= 0.6 is 0 Å². The topological polar surface area (TPSA) is 243 Å². The molecule has 17 heteroatoms. The van der Waals surface area contributed by atoms with Crippen LogP contribution in [-0.2, 0) is 22.6 Å². The molecule has 0 atom stereocenters. The van der Waals surface area contributed by atoms with Gasteiger partial charge in [-0.15, -0.1) is 0 Å². The third-order valence-electron chi connectivity index (χ3n) is 7.23. The lowest BCUT2D eigenvalue weighted by molar-refractivity contribution is -0.385. The van der Waals surface area contributed by atoms with E-state index in [-0.39, 0.29) is 37.2 Å². The summed E-state index contributed by atoms with van der Waals surface area (Å²) in [5, 5.41) is 41.6. The average molecular weight is 730 g/mol. The zero-order chi connectivity index (χ0) is 39.5. The summed E-state index contributed by atoms with van der Waals surface area (Å²) < 4.78 is 9.82. The van der Waals surface area contributed by atoms with Crippen molar-refractivity contribution in [1.82, 2.24) is 9.80 Å². The van der Waals surface area contributed by atoms with Gasteiger partial charge in [0.05, 0.1) is 66.9 Å². The lowest BCUT2D eigenvalue weighted by atomic mass is 10.1. The predicted octanol–water partition coefficient (Wildman–Crippen LogP) is 6.57. The molecule has 1 aliphatic heterocycles. The largest absolute Gasteiger partial charge is 0.450 e. The van der Waals surface area contributed by atoms with Crippen molar-refractivity contribution in [2.45, 2.75) is 54.1 Å². The number of nitrogens with zero attached hydrogens (tertiary/aromatic N) is 7. The van der Waals surface area contributed by atoms with Crippen LogP contribution in [0.15, 0.2) is 59.6 Å². The van der Waals surface area contributed by atoms with Gasteiger partial charge in [0.25, 0.3) is 11.4 Å². The molecular formula is C36H43N9O8. The molecule has 53 heavy (non-hydrogen) atoms. The van der Waals surface area contributed by atoms with Gasteiger partial charge in [-0.3, -0.25) is 30.0 Å². The average Bonchev–Trinajstić information content (AvgIpc) is 3.27. The molecule has 1 aliphatic rings. The molecule has 0 spiro atoms. The van der Waals surface area contributed by atoms with Gasteiger partial charge < -0.3 is 20.5 Å². The monoisotopic (exact) mass is 729 g/mol. The van der Waals surface area contributed by atoms with Crippen molar-refractivity contribution < 1.29 is 28.9 Å². The first-order chi connectivity index (χ1) is 25.2. The van der Waals surface area contributed by atoms with E-state index in [1.807, 2.05) is 37.3 Å². The number of benzene rings is 3. The van der Waals surface area contributed by atoms with Crippen LogP contribution in [0.3, 0.4) is 0 Å². The number of amidine groups is 1. The molecule has 0 fully saturated rings. The van der Waals surface area contributed by atoms with Gasteiger partial charge in [-0.25, -0.2) is 14.6 Å². The van der Waals surface area contributed by atoms with E-state index in [4.69, 9.17) is 25.7 Å². The minimum Gasteiger partial charge on any atom is -0.450 e. The Morgan fingerprint density at radius 3 is 2.11 bits per heavy atom. The van der Waals surface area contributed by atoms with Crippen molar-refractivity contribution >= 4 is 40.8 Å². The summed E-state index contributed by atoms with van der Waals surface area (Å²) in [5.41, 5.74) is 11.2. The zero-order valence-electron chi connectivity index (χ0n) is 30.3. The maximum absolute atomic E-state index is 11.8. The molecule has 0 unspecified atom stereocenters. The summed E-state index contributed by atoms with van der Waals surface area (Å²) in [5.74, 6) is 0.424. The van der Waals surface area contributed by atoms with Crippen molar-refractivity contribution in [3.63, 3.8) is 0 Å². The molecule has 17 nitrogen and oxygen atoms in total. The Balaban J connectivity index is 0.000000278. The Kier molecular flexibility index (Phi) is 17.2. The molecule has 2 amide bonds. The Morgan fingerprint density at radius 1 is 0.906 bits per heavy atom. The highest BCUT2D eigenvalue weighted by molar-refractivity contribution is 5.89. The van der Waals surface area contributed by atoms with E-state index in [9.17, 15) is 29.8 Å². The normalized spacial score (nSPS) is 11.2. The Morgan fingerprint density at radius 2 is 1.51 bits per heavy atom. The number of amides is 2. The van der Waals surface area contributed by atoms with E-state index in [1.54, 1.807) is 56.9 Å². The number of aryl methyl sites for hydroxylation is 3. The van der Waals surface area contributed by atoms with Crippen LogP contribution in [0.25, 0.3) is 0 Å². The second-order valence-electron chi connectivity index (χ2n) is 11.5. The van der Waals surface area contributed by atoms with Crippen LogP contribution in [-0.4, -0.2) is 70.5 Å². The minimum atomic E-state index is -0.663. The van der Waals surface area contributed by atoms with E-state index in [0.717, 1.165) is 32.8 Å². The molecule has 3 N–H and O–H groups in total. The third-order valence-corrected chi connectivity index (χ3v) is 7.23. The van der Waals surface area contributed by atoms with Crippen LogP contribution < -0.4 is 11.1 Å². The van der Waals surface area contributed by atoms with Crippen LogP contribution in [0.1, 0.15) is 48.1 Å². The van der Waals surface area contributed by atoms with Crippen LogP contribution in [0.5, 0.6) is 0 Å². The van der Waals surface area contributed by atoms with Crippen LogP contribution in [0, 0.1) is 63.7 Å². The lowest BCUT2D eigenvalue weighted by Gasteiger charge is -2.19. The molecule has 0 saturated heterocycles. The van der Waals surface area contributed by atoms with Gasteiger partial charge in [0, 0.05) is 24.2 Å². The highest BCUT2D eigenvalue weighted by Gasteiger charge is 2.22. The van der Waals surface area contributed by atoms with Gasteiger partial charge >= 0.3 is 12.2 Å². The Hall–Kier alpha value is -6.75. The molecule has 0 radical (unpaired) electrons. The molecule has 0 bridgehead atoms. The third kappa shape index (κ3) is 13.8. The van der Waals surface area contributed by atoms with E-state index < -0.39 is 15.9 Å². The fourth-order valence-electron chi connectivity index (χ4n) is 4.77. The number of nitro benzene ring substituents is 2. The number of nitriles is 2. The number of aliphatic imine (C=N–C) groups is 1. The summed E-state index contributed by atoms with van der Waals surface area (Å²) in [4.78, 5) is 51.2. The number of nitro groups is 2. The molecule has 0 aliphatic carbocycles. The van der Waals surface area contributed by atoms with Crippen molar-refractivity contribution in [2.24, 2.45) is 10.7 Å². The van der Waals surface area contributed by atoms with Gasteiger partial charge in [-0.2, -0.15) is 10.5 Å². The van der Waals surface area contributed by atoms with E-state index in [0.29, 0.717) is 49.7 Å². The summed E-state index contributed by atoms with van der Waals surface area (Å²) in [7, 11) is 0. The molecule has 280 valence electrons. The van der Waals surface area contributed by atoms with Gasteiger partial charge in [0.15, 0.2) is 0 Å². The minimum absolute atomic E-state index is 0.0387. The molecular weight excluding hydrogens is 686 g/mol. The maximum atomic E-state index is 11.8. The number of carbonyl (C=O) groups excluding carboxylic acids is 2. The second kappa shape index (κ2) is 21.5. The summed E-state index contributed by atoms with van der Waals surface area (Å²) in [6.45, 7) is 10.5. The maximum Gasteiger partial charge on any atom is 0.410 e. The van der Waals surface area contributed by atoms with Gasteiger partial charge in [-0.05, 0) is 69.0 Å². The fourth-order valence-corrected chi connectivity index (χ4v) is 4.77. The van der Waals surface area contributed by atoms with Crippen molar-refractivity contribution in [3.8, 4) is 12.1 Å². The van der Waals surface area contributed by atoms with Crippen molar-refractivity contribution in [1.29, 1.82) is 10.5 Å². The smallest absolute Gasteiger partial charge is 0.410 e. The summed E-state index contributed by atoms with van der Waals surface area (Å²) in [6, 6.07) is 19.4. The number of ether oxygens (including phenoxy) is 2. The highest BCUT2D eigenvalue weighted by Crippen LogP contribution is 2.26. The number of carbonyl (C=O) groups is 2. The SMILES string of the molecule is CCOC(=O)N(CC#N)Cc1ccc(C)cc1[N+](=O)[O-].CCOC(=O)N1CC(N)=Nc2cc(C)ccc2C1.Cc1ccc(NCCC#N)c([N+](=O)[O-])c1. The highest BCUT2D eigenvalue weighted by atomic mass is 16.6. The second-order valence-corrected chi connectivity index (χ2v) is 11.5. The summed E-state index contributed by atoms with van der Waals surface area (Å²) >= 11 is 0. The van der Waals surface area contributed by atoms with E-state index in [1.165, 1.54) is 12.1 Å². The summed E-state index contributed by atoms with van der Waals surface area (Å²) in [6.07, 6.45) is -0.696. The molecule has 0 aromatic heterocycles. The molecule has 3 aromatic carbocycles.